The van der Waals surface area contributed by atoms with Crippen LogP contribution in [0.2, 0.25) is 5.02 Å². The van der Waals surface area contributed by atoms with Gasteiger partial charge in [0.1, 0.15) is 11.4 Å². The number of nitrogens with one attached hydrogen (secondary N) is 1. The smallest absolute Gasteiger partial charge is 0.387 e. The van der Waals surface area contributed by atoms with E-state index in [1.165, 1.54) is 18.3 Å². The van der Waals surface area contributed by atoms with E-state index < -0.39 is 12.5 Å². The van der Waals surface area contributed by atoms with Gasteiger partial charge < -0.3 is 14.5 Å². The van der Waals surface area contributed by atoms with Crippen LogP contribution in [0.1, 0.15) is 10.4 Å². The Bertz CT molecular complexity index is 1140. The predicted octanol–water partition coefficient (Wildman–Crippen LogP) is 5.49. The summed E-state index contributed by atoms with van der Waals surface area (Å²) in [6.07, 6.45) is 1.40. The Hall–Kier alpha value is -3.19. The van der Waals surface area contributed by atoms with Crippen molar-refractivity contribution < 1.29 is 22.7 Å². The number of nitrogens with zero attached hydrogens (tertiary/aromatic N) is 1. The fourth-order valence-corrected chi connectivity index (χ4v) is 2.93. The number of pyridine rings is 1. The third-order valence-corrected chi connectivity index (χ3v) is 4.14. The van der Waals surface area contributed by atoms with E-state index in [-0.39, 0.29) is 16.9 Å². The zero-order chi connectivity index (χ0) is 19.0. The highest BCUT2D eigenvalue weighted by Gasteiger charge is 2.21. The number of amides is 1. The molecule has 0 fully saturated rings. The number of fused-ring (bicyclic) bond motifs is 3. The lowest BCUT2D eigenvalue weighted by atomic mass is 10.1. The van der Waals surface area contributed by atoms with Crippen LogP contribution in [0.5, 0.6) is 5.75 Å². The van der Waals surface area contributed by atoms with E-state index in [9.17, 15) is 13.6 Å². The van der Waals surface area contributed by atoms with Gasteiger partial charge in [-0.25, -0.2) is 4.98 Å². The Kier molecular flexibility index (Phi) is 4.37. The number of hydrogen-bond donors (Lipinski definition) is 1. The quantitative estimate of drug-likeness (QED) is 0.502. The third kappa shape index (κ3) is 3.29. The van der Waals surface area contributed by atoms with E-state index in [4.69, 9.17) is 16.0 Å². The van der Waals surface area contributed by atoms with Crippen LogP contribution in [0.25, 0.3) is 21.9 Å². The number of alkyl halides is 2. The molecule has 4 rings (SSSR count). The topological polar surface area (TPSA) is 64.4 Å². The standard InChI is InChI=1S/C19H11ClF2N2O3/c20-10-5-8-15(23-9-10)24-18(25)12-6-7-14(27-19(21)22)17-16(12)11-3-1-2-4-13(11)26-17/h1-9,19H,(H,23,24,25). The molecule has 2 heterocycles. The second kappa shape index (κ2) is 6.85. The van der Waals surface area contributed by atoms with Crippen LogP contribution in [0.4, 0.5) is 14.6 Å². The largest absolute Gasteiger partial charge is 0.452 e. The number of anilines is 1. The molecular formula is C19H11ClF2N2O3. The molecule has 0 radical (unpaired) electrons. The molecule has 136 valence electrons. The molecule has 4 aromatic rings. The minimum Gasteiger partial charge on any atom is -0.452 e. The Balaban J connectivity index is 1.84. The summed E-state index contributed by atoms with van der Waals surface area (Å²) in [4.78, 5) is 16.8. The van der Waals surface area contributed by atoms with Crippen LogP contribution in [-0.4, -0.2) is 17.5 Å². The summed E-state index contributed by atoms with van der Waals surface area (Å²) in [5, 5.41) is 4.08. The van der Waals surface area contributed by atoms with Crippen LogP contribution in [0, 0.1) is 0 Å². The van der Waals surface area contributed by atoms with Crippen molar-refractivity contribution in [3.05, 3.63) is 65.3 Å². The molecule has 0 spiro atoms. The summed E-state index contributed by atoms with van der Waals surface area (Å²) in [5.74, 6) is -0.305. The summed E-state index contributed by atoms with van der Waals surface area (Å²) in [6, 6.07) is 12.8. The number of para-hydroxylation sites is 1. The summed E-state index contributed by atoms with van der Waals surface area (Å²) in [7, 11) is 0. The predicted molar refractivity (Wildman–Crippen MR) is 97.6 cm³/mol. The van der Waals surface area contributed by atoms with Gasteiger partial charge in [0.05, 0.1) is 10.6 Å². The van der Waals surface area contributed by atoms with Crippen molar-refractivity contribution in [3.63, 3.8) is 0 Å². The molecule has 0 aliphatic carbocycles. The van der Waals surface area contributed by atoms with Gasteiger partial charge in [0.2, 0.25) is 0 Å². The third-order valence-electron chi connectivity index (χ3n) is 3.92. The molecule has 1 amide bonds. The normalized spacial score (nSPS) is 11.3. The summed E-state index contributed by atoms with van der Waals surface area (Å²) in [6.45, 7) is -3.01. The number of ether oxygens (including phenoxy) is 1. The van der Waals surface area contributed by atoms with Gasteiger partial charge in [0, 0.05) is 17.0 Å². The minimum atomic E-state index is -3.01. The first-order valence-electron chi connectivity index (χ1n) is 7.85. The minimum absolute atomic E-state index is 0.0771. The van der Waals surface area contributed by atoms with Crippen molar-refractivity contribution in [2.45, 2.75) is 6.61 Å². The number of furan rings is 1. The number of carbonyl (C=O) groups is 1. The van der Waals surface area contributed by atoms with E-state index in [1.807, 2.05) is 0 Å². The van der Waals surface area contributed by atoms with Gasteiger partial charge in [-0.2, -0.15) is 8.78 Å². The van der Waals surface area contributed by atoms with Gasteiger partial charge in [-0.15, -0.1) is 0 Å². The fourth-order valence-electron chi connectivity index (χ4n) is 2.82. The lowest BCUT2D eigenvalue weighted by molar-refractivity contribution is -0.0493. The number of rotatable bonds is 4. The first-order chi connectivity index (χ1) is 13.0. The lowest BCUT2D eigenvalue weighted by Gasteiger charge is -2.09. The van der Waals surface area contributed by atoms with E-state index in [1.54, 1.807) is 36.4 Å². The number of hydrogen-bond acceptors (Lipinski definition) is 4. The molecule has 2 aromatic carbocycles. The monoisotopic (exact) mass is 388 g/mol. The van der Waals surface area contributed by atoms with Crippen molar-refractivity contribution in [2.24, 2.45) is 0 Å². The van der Waals surface area contributed by atoms with Gasteiger partial charge in [-0.3, -0.25) is 4.79 Å². The van der Waals surface area contributed by atoms with E-state index >= 15 is 0 Å². The van der Waals surface area contributed by atoms with Crippen molar-refractivity contribution in [1.82, 2.24) is 4.98 Å². The molecule has 0 atom stereocenters. The van der Waals surface area contributed by atoms with E-state index in [0.717, 1.165) is 0 Å². The molecule has 0 saturated carbocycles. The molecule has 5 nitrogen and oxygen atoms in total. The average Bonchev–Trinajstić information content (AvgIpc) is 3.03. The Labute approximate surface area is 156 Å². The summed E-state index contributed by atoms with van der Waals surface area (Å²) < 4.78 is 35.6. The maximum atomic E-state index is 12.8. The number of aromatic nitrogens is 1. The molecule has 8 heteroatoms. The Morgan fingerprint density at radius 1 is 1.15 bits per heavy atom. The van der Waals surface area contributed by atoms with Gasteiger partial charge in [-0.05, 0) is 30.3 Å². The first kappa shape index (κ1) is 17.2. The van der Waals surface area contributed by atoms with Crippen molar-refractivity contribution in [2.75, 3.05) is 5.32 Å². The average molecular weight is 389 g/mol. The molecular weight excluding hydrogens is 378 g/mol. The summed E-state index contributed by atoms with van der Waals surface area (Å²) in [5.41, 5.74) is 0.776. The fraction of sp³-hybridized carbons (Fsp3) is 0.0526. The molecule has 2 aromatic heterocycles. The maximum Gasteiger partial charge on any atom is 0.387 e. The van der Waals surface area contributed by atoms with Crippen LogP contribution in [0.15, 0.2) is 59.1 Å². The molecule has 1 N–H and O–H groups in total. The van der Waals surface area contributed by atoms with Crippen LogP contribution in [0.3, 0.4) is 0 Å². The van der Waals surface area contributed by atoms with E-state index in [2.05, 4.69) is 15.0 Å². The highest BCUT2D eigenvalue weighted by molar-refractivity contribution is 6.30. The Morgan fingerprint density at radius 2 is 1.96 bits per heavy atom. The van der Waals surface area contributed by atoms with Crippen molar-refractivity contribution >= 4 is 45.3 Å². The highest BCUT2D eigenvalue weighted by atomic mass is 35.5. The lowest BCUT2D eigenvalue weighted by Crippen LogP contribution is -2.13. The van der Waals surface area contributed by atoms with Crippen molar-refractivity contribution in [3.8, 4) is 5.75 Å². The van der Waals surface area contributed by atoms with Gasteiger partial charge in [-0.1, -0.05) is 29.8 Å². The zero-order valence-electron chi connectivity index (χ0n) is 13.6. The Morgan fingerprint density at radius 3 is 2.70 bits per heavy atom. The number of carbonyl (C=O) groups excluding carboxylic acids is 1. The zero-order valence-corrected chi connectivity index (χ0v) is 14.3. The maximum absolute atomic E-state index is 12.8. The van der Waals surface area contributed by atoms with Crippen molar-refractivity contribution in [1.29, 1.82) is 0 Å². The van der Waals surface area contributed by atoms with Crippen LogP contribution < -0.4 is 10.1 Å². The SMILES string of the molecule is O=C(Nc1ccc(Cl)cn1)c1ccc(OC(F)F)c2oc3ccccc3c12. The first-order valence-corrected chi connectivity index (χ1v) is 8.22. The van der Waals surface area contributed by atoms with Gasteiger partial charge >= 0.3 is 6.61 Å². The number of halogens is 3. The molecule has 0 bridgehead atoms. The molecule has 0 aliphatic heterocycles. The summed E-state index contributed by atoms with van der Waals surface area (Å²) >= 11 is 5.79. The molecule has 0 saturated heterocycles. The second-order valence-electron chi connectivity index (χ2n) is 5.61. The second-order valence-corrected chi connectivity index (χ2v) is 6.04. The van der Waals surface area contributed by atoms with Gasteiger partial charge in [0.15, 0.2) is 11.3 Å². The molecule has 0 aliphatic rings. The van der Waals surface area contributed by atoms with Crippen LogP contribution >= 0.6 is 11.6 Å². The number of benzene rings is 2. The van der Waals surface area contributed by atoms with E-state index in [0.29, 0.717) is 27.2 Å². The highest BCUT2D eigenvalue weighted by Crippen LogP contribution is 2.37. The molecule has 0 unspecified atom stereocenters. The molecule has 27 heavy (non-hydrogen) atoms. The van der Waals surface area contributed by atoms with Gasteiger partial charge in [0.25, 0.3) is 5.91 Å². The van der Waals surface area contributed by atoms with Crippen LogP contribution in [-0.2, 0) is 0 Å².